The number of para-hydroxylation sites is 4. The molecule has 22 heteroatoms. The number of rotatable bonds is 30. The number of aryl methyl sites for hydroxylation is 3. The van der Waals surface area contributed by atoms with Crippen LogP contribution >= 0.6 is 0 Å². The minimum Gasteiger partial charge on any atom is -0.489 e. The summed E-state index contributed by atoms with van der Waals surface area (Å²) in [5.74, 6) is 4.44. The van der Waals surface area contributed by atoms with E-state index in [4.69, 9.17) is 48.9 Å². The standard InChI is InChI=1S/C28H25N5O.C28H26N2O2.C28H27NO5.C27H22N2O4/c1-2-7-27-22(5-1)10-12-25(29-27)18-34-26-13-11-21-9-8-20(16-24(21)17-26)14-19-4-3-6-23(15-19)28-30-32-33-31-28;29-28(31)23-6-3-4-19(15-23)14-20-8-9-21-11-13-26(17-24(21)16-20)32-18-25-12-10-22-5-1-2-7-27(22)30-25;1-2-7-27(28(30)31)34-25-12-6-11-24(17-25)32-18-20-8-5-10-23(16-20)33-19-22-15-14-21-9-3-4-13-26(21)29-22;1-29-15-24(27(30)31)23-14-22(11-12-26(23)29)32-16-18-5-4-7-21(13-18)33-17-20-10-9-19-6-2-3-8-25(19)28-20/h1-7,10-13,15,17,20H,8-9,14,16,18H2,(H,30,31,32,33);1-7,10-13,15,17,20H,8-9,14,16,18H2,(H2,29,31);3-6,8-17,27H,2,7,18-19H2,1H3,(H,30,31);2-15H,16-17H2,1H3,(H,30,31). The molecular formula is C111H100N10O12. The van der Waals surface area contributed by atoms with Gasteiger partial charge in [0.15, 0.2) is 6.10 Å². The van der Waals surface area contributed by atoms with Crippen molar-refractivity contribution in [3.05, 3.63) is 406 Å². The molecule has 3 atom stereocenters. The van der Waals surface area contributed by atoms with Crippen LogP contribution in [0.5, 0.6) is 40.2 Å². The van der Waals surface area contributed by atoms with Crippen molar-refractivity contribution in [1.82, 2.24) is 45.1 Å². The largest absolute Gasteiger partial charge is 0.489 e. The van der Waals surface area contributed by atoms with Crippen LogP contribution < -0.4 is 38.9 Å². The molecule has 6 aromatic heterocycles. The molecule has 2 aliphatic rings. The number of aromatic nitrogens is 9. The van der Waals surface area contributed by atoms with Gasteiger partial charge in [-0.05, 0) is 265 Å². The average molecular weight is 1770 g/mol. The van der Waals surface area contributed by atoms with Gasteiger partial charge in [0, 0.05) is 62.9 Å². The zero-order chi connectivity index (χ0) is 91.2. The van der Waals surface area contributed by atoms with Crippen molar-refractivity contribution >= 4 is 72.4 Å². The molecule has 18 aromatic rings. The summed E-state index contributed by atoms with van der Waals surface area (Å²) < 4.78 is 43.4. The second-order valence-corrected chi connectivity index (χ2v) is 33.3. The van der Waals surface area contributed by atoms with Gasteiger partial charge in [-0.3, -0.25) is 4.79 Å². The van der Waals surface area contributed by atoms with Crippen molar-refractivity contribution in [3.63, 3.8) is 0 Å². The number of H-pyrrole nitrogens is 1. The molecular weight excluding hydrogens is 1670 g/mol. The average Bonchev–Trinajstić information content (AvgIpc) is 1.68. The highest BCUT2D eigenvalue weighted by Crippen LogP contribution is 2.36. The predicted octanol–water partition coefficient (Wildman–Crippen LogP) is 22.2. The molecule has 1 amide bonds. The van der Waals surface area contributed by atoms with E-state index >= 15 is 0 Å². The molecule has 0 saturated heterocycles. The Hall–Kier alpha value is -16.1. The Morgan fingerprint density at radius 3 is 1.31 bits per heavy atom. The van der Waals surface area contributed by atoms with E-state index < -0.39 is 18.0 Å². The number of pyridine rings is 4. The molecule has 2 aliphatic carbocycles. The number of nitrogens with one attached hydrogen (secondary N) is 1. The Kier molecular flexibility index (Phi) is 28.7. The number of aromatic carboxylic acids is 1. The van der Waals surface area contributed by atoms with Gasteiger partial charge in [-0.1, -0.05) is 183 Å². The van der Waals surface area contributed by atoms with Crippen LogP contribution in [0.2, 0.25) is 0 Å². The van der Waals surface area contributed by atoms with Crippen molar-refractivity contribution in [2.45, 2.75) is 117 Å². The maximum atomic E-state index is 11.5. The van der Waals surface area contributed by atoms with Crippen LogP contribution in [0.4, 0.5) is 0 Å². The smallest absolute Gasteiger partial charge is 0.344 e. The lowest BCUT2D eigenvalue weighted by atomic mass is 9.80. The first-order valence-corrected chi connectivity index (χ1v) is 44.7. The Balaban J connectivity index is 0.000000124. The third-order valence-electron chi connectivity index (χ3n) is 23.7. The molecule has 22 nitrogen and oxygen atoms in total. The molecule has 666 valence electrons. The fourth-order valence-corrected chi connectivity index (χ4v) is 16.9. The van der Waals surface area contributed by atoms with Gasteiger partial charge in [-0.2, -0.15) is 5.21 Å². The van der Waals surface area contributed by atoms with E-state index in [-0.39, 0.29) is 11.5 Å². The number of carbonyl (C=O) groups excluding carboxylic acids is 1. The summed E-state index contributed by atoms with van der Waals surface area (Å²) >= 11 is 0. The molecule has 0 bridgehead atoms. The summed E-state index contributed by atoms with van der Waals surface area (Å²) in [6, 6.07) is 106. The number of carboxylic acid groups (broad SMARTS) is 2. The lowest BCUT2D eigenvalue weighted by molar-refractivity contribution is -0.145. The molecule has 0 saturated carbocycles. The number of hydrogen-bond acceptors (Lipinski definition) is 17. The van der Waals surface area contributed by atoms with Crippen molar-refractivity contribution in [2.24, 2.45) is 24.6 Å². The first kappa shape index (κ1) is 88.9. The first-order chi connectivity index (χ1) is 65.1. The van der Waals surface area contributed by atoms with Crippen molar-refractivity contribution in [1.29, 1.82) is 0 Å². The van der Waals surface area contributed by atoms with Crippen molar-refractivity contribution in [2.75, 3.05) is 0 Å². The SMILES string of the molecule is CCCC(Oc1cccc(OCc2cccc(OCc3ccc4ccccc4n3)c2)c1)C(=O)O.Cn1cc(C(=O)O)c2cc(OCc3cccc(OCc4ccc5ccccc5n4)c3)ccc21.NC(=O)c1cccc(CC2CCc3ccc(OCc4ccc5ccccc5n4)cc3C2)c1.c1cc(CC2CCc3ccc(OCc4ccc5ccccc5n4)cc3C2)cc(-c2nn[nH]n2)c1. The summed E-state index contributed by atoms with van der Waals surface area (Å²) in [7, 11) is 1.83. The summed E-state index contributed by atoms with van der Waals surface area (Å²) in [5, 5.41) is 38.3. The molecule has 3 unspecified atom stereocenters. The molecule has 0 spiro atoms. The third kappa shape index (κ3) is 23.9. The van der Waals surface area contributed by atoms with Gasteiger partial charge in [0.2, 0.25) is 11.7 Å². The van der Waals surface area contributed by atoms with Gasteiger partial charge >= 0.3 is 11.9 Å². The van der Waals surface area contributed by atoms with Crippen molar-refractivity contribution < 1.29 is 57.8 Å². The maximum Gasteiger partial charge on any atom is 0.344 e. The molecule has 5 N–H and O–H groups in total. The van der Waals surface area contributed by atoms with Gasteiger partial charge in [0.1, 0.15) is 79.9 Å². The fourth-order valence-electron chi connectivity index (χ4n) is 16.9. The number of aromatic amines is 1. The third-order valence-corrected chi connectivity index (χ3v) is 23.7. The minimum absolute atomic E-state index is 0.260. The zero-order valence-electron chi connectivity index (χ0n) is 73.9. The van der Waals surface area contributed by atoms with Crippen LogP contribution in [0.3, 0.4) is 0 Å². The highest BCUT2D eigenvalue weighted by molar-refractivity contribution is 6.04. The van der Waals surface area contributed by atoms with Gasteiger partial charge in [-0.15, -0.1) is 10.2 Å². The predicted molar refractivity (Wildman–Crippen MR) is 515 cm³/mol. The summed E-state index contributed by atoms with van der Waals surface area (Å²) in [6.07, 6.45) is 10.5. The number of nitrogens with zero attached hydrogens (tertiary/aromatic N) is 8. The van der Waals surface area contributed by atoms with Crippen LogP contribution in [-0.4, -0.2) is 79.3 Å². The molecule has 12 aromatic carbocycles. The highest BCUT2D eigenvalue weighted by atomic mass is 16.5. The highest BCUT2D eigenvalue weighted by Gasteiger charge is 2.24. The van der Waals surface area contributed by atoms with Crippen LogP contribution in [-0.2, 0) is 90.0 Å². The topological polar surface area (TPSA) is 293 Å². The molecule has 0 radical (unpaired) electrons. The number of tetrazole rings is 1. The molecule has 0 fully saturated rings. The Morgan fingerprint density at radius 1 is 0.421 bits per heavy atom. The second-order valence-electron chi connectivity index (χ2n) is 33.3. The number of nitrogens with two attached hydrogens (primary N) is 1. The van der Waals surface area contributed by atoms with Crippen LogP contribution in [0.1, 0.15) is 121 Å². The molecule has 6 heterocycles. The van der Waals surface area contributed by atoms with E-state index in [9.17, 15) is 24.6 Å². The lowest BCUT2D eigenvalue weighted by Crippen LogP contribution is -2.26. The van der Waals surface area contributed by atoms with E-state index in [1.807, 2.05) is 220 Å². The molecule has 20 rings (SSSR count). The van der Waals surface area contributed by atoms with Crippen LogP contribution in [0.15, 0.2) is 328 Å². The van der Waals surface area contributed by atoms with Gasteiger partial charge in [-0.25, -0.2) is 29.5 Å². The maximum absolute atomic E-state index is 11.5. The number of hydrogen-bond donors (Lipinski definition) is 4. The minimum atomic E-state index is -0.969. The number of benzene rings is 12. The van der Waals surface area contributed by atoms with E-state index in [1.165, 1.54) is 39.8 Å². The van der Waals surface area contributed by atoms with Crippen LogP contribution in [0.25, 0.3) is 65.9 Å². The first-order valence-electron chi connectivity index (χ1n) is 44.7. The van der Waals surface area contributed by atoms with E-state index in [0.29, 0.717) is 91.9 Å². The van der Waals surface area contributed by atoms with Gasteiger partial charge in [0.25, 0.3) is 0 Å². The Labute approximate surface area is 770 Å². The number of ether oxygens (including phenoxy) is 7. The lowest BCUT2D eigenvalue weighted by Gasteiger charge is -2.25. The van der Waals surface area contributed by atoms with E-state index in [0.717, 1.165) is 163 Å². The van der Waals surface area contributed by atoms with Gasteiger partial charge < -0.3 is 53.7 Å². The Bertz CT molecular complexity index is 7130. The number of aliphatic carboxylic acids is 1. The molecule has 133 heavy (non-hydrogen) atoms. The quantitative estimate of drug-likeness (QED) is 0.0325. The van der Waals surface area contributed by atoms with Crippen molar-refractivity contribution in [3.8, 4) is 51.6 Å². The van der Waals surface area contributed by atoms with E-state index in [1.54, 1.807) is 41.1 Å². The zero-order valence-corrected chi connectivity index (χ0v) is 73.9. The summed E-state index contributed by atoms with van der Waals surface area (Å²) in [6.45, 7) is 4.27. The summed E-state index contributed by atoms with van der Waals surface area (Å²) in [4.78, 5) is 53.0. The summed E-state index contributed by atoms with van der Waals surface area (Å²) in [5.41, 5.74) is 25.6. The second kappa shape index (κ2) is 42.9. The number of fused-ring (bicyclic) bond motifs is 7. The number of carbonyl (C=O) groups is 3. The number of carboxylic acids is 2. The number of amides is 1. The van der Waals surface area contributed by atoms with Crippen LogP contribution in [0, 0.1) is 11.8 Å². The normalized spacial score (nSPS) is 13.3. The molecule has 0 aliphatic heterocycles. The van der Waals surface area contributed by atoms with Gasteiger partial charge in [0.05, 0.1) is 50.4 Å². The monoisotopic (exact) mass is 1760 g/mol. The Morgan fingerprint density at radius 2 is 0.842 bits per heavy atom. The fraction of sp³-hybridized carbons (Fsp3) is 0.189. The number of primary amides is 1. The van der Waals surface area contributed by atoms with E-state index in [2.05, 4.69) is 116 Å².